The number of carbonyl (C=O) groups excluding carboxylic acids is 1. The summed E-state index contributed by atoms with van der Waals surface area (Å²) >= 11 is 3.57. The maximum atomic E-state index is 14.1. The van der Waals surface area contributed by atoms with E-state index in [2.05, 4.69) is 52.3 Å². The Morgan fingerprint density at radius 3 is 2.21 bits per heavy atom. The lowest BCUT2D eigenvalue weighted by Gasteiger charge is -2.33. The number of hydrogen-bond donors (Lipinski definition) is 0. The topological polar surface area (TPSA) is 23.6 Å². The number of carbonyl (C=O) groups is 1. The van der Waals surface area contributed by atoms with Crippen molar-refractivity contribution in [1.29, 1.82) is 0 Å². The minimum Gasteiger partial charge on any atom is -0.272 e. The molecule has 1 heterocycles. The minimum atomic E-state index is -0.656. The molecule has 29 heavy (non-hydrogen) atoms. The van der Waals surface area contributed by atoms with Crippen LogP contribution in [0.3, 0.4) is 0 Å². The maximum absolute atomic E-state index is 14.1. The Morgan fingerprint density at radius 2 is 1.52 bits per heavy atom. The van der Waals surface area contributed by atoms with E-state index in [0.717, 1.165) is 35.0 Å². The van der Waals surface area contributed by atoms with Crippen LogP contribution in [0.25, 0.3) is 0 Å². The van der Waals surface area contributed by atoms with E-state index < -0.39 is 5.41 Å². The molecule has 0 unspecified atom stereocenters. The van der Waals surface area contributed by atoms with Crippen LogP contribution in [0.4, 0.5) is 5.69 Å². The van der Waals surface area contributed by atoms with Crippen LogP contribution in [0.15, 0.2) is 84.9 Å². The summed E-state index contributed by atoms with van der Waals surface area (Å²) in [6.07, 6.45) is 1.69. The third kappa shape index (κ3) is 3.52. The zero-order valence-electron chi connectivity index (χ0n) is 16.6. The smallest absolute Gasteiger partial charge is 0.256 e. The van der Waals surface area contributed by atoms with Gasteiger partial charge in [-0.25, -0.2) is 10.0 Å². The standard InChI is InChI=1S/C25H25BrN2O/c1-27(19-20-11-4-2-5-12-20)28-23-16-9-8-15-22(23)25(24(28)29,17-10-18-26)21-13-6-3-7-14-21/h2-9,11-16H,10,17-19H2,1H3/t25-/m1/s1. The molecule has 0 bridgehead atoms. The average Bonchev–Trinajstić information content (AvgIpc) is 3.02. The fourth-order valence-corrected chi connectivity index (χ4v) is 4.68. The molecular weight excluding hydrogens is 424 g/mol. The number of hydrazine groups is 1. The van der Waals surface area contributed by atoms with E-state index in [4.69, 9.17) is 0 Å². The molecule has 1 amide bonds. The molecule has 1 atom stereocenters. The summed E-state index contributed by atoms with van der Waals surface area (Å²) in [6, 6.07) is 28.7. The Labute approximate surface area is 181 Å². The van der Waals surface area contributed by atoms with E-state index in [9.17, 15) is 4.79 Å². The summed E-state index contributed by atoms with van der Waals surface area (Å²) in [5, 5.41) is 4.79. The van der Waals surface area contributed by atoms with Crippen molar-refractivity contribution < 1.29 is 4.79 Å². The van der Waals surface area contributed by atoms with Crippen molar-refractivity contribution >= 4 is 27.5 Å². The van der Waals surface area contributed by atoms with Crippen LogP contribution in [-0.4, -0.2) is 23.3 Å². The molecule has 1 aliphatic heterocycles. The zero-order valence-corrected chi connectivity index (χ0v) is 18.2. The van der Waals surface area contributed by atoms with Gasteiger partial charge in [-0.3, -0.25) is 4.79 Å². The van der Waals surface area contributed by atoms with Gasteiger partial charge in [0.2, 0.25) is 0 Å². The van der Waals surface area contributed by atoms with Crippen LogP contribution in [0.2, 0.25) is 0 Å². The number of halogens is 1. The molecule has 0 radical (unpaired) electrons. The number of benzene rings is 3. The first-order chi connectivity index (χ1) is 14.2. The number of para-hydroxylation sites is 1. The van der Waals surface area contributed by atoms with E-state index in [-0.39, 0.29) is 5.91 Å². The number of nitrogens with zero attached hydrogens (tertiary/aromatic N) is 2. The first-order valence-corrected chi connectivity index (χ1v) is 11.1. The number of alkyl halides is 1. The van der Waals surface area contributed by atoms with Crippen molar-refractivity contribution in [2.24, 2.45) is 0 Å². The highest BCUT2D eigenvalue weighted by molar-refractivity contribution is 9.09. The summed E-state index contributed by atoms with van der Waals surface area (Å²) in [5.74, 6) is 0.129. The van der Waals surface area contributed by atoms with Gasteiger partial charge >= 0.3 is 0 Å². The molecule has 3 aromatic carbocycles. The van der Waals surface area contributed by atoms with Crippen LogP contribution in [0.1, 0.15) is 29.5 Å². The molecule has 0 saturated heterocycles. The lowest BCUT2D eigenvalue weighted by Crippen LogP contribution is -2.48. The maximum Gasteiger partial charge on any atom is 0.256 e. The van der Waals surface area contributed by atoms with Crippen molar-refractivity contribution in [2.45, 2.75) is 24.8 Å². The molecule has 0 spiro atoms. The fraction of sp³-hybridized carbons (Fsp3) is 0.240. The molecule has 0 saturated carbocycles. The van der Waals surface area contributed by atoms with Crippen molar-refractivity contribution in [3.8, 4) is 0 Å². The van der Waals surface area contributed by atoms with E-state index in [1.165, 1.54) is 5.56 Å². The van der Waals surface area contributed by atoms with Crippen molar-refractivity contribution in [3.05, 3.63) is 102 Å². The second-order valence-electron chi connectivity index (χ2n) is 7.50. The van der Waals surface area contributed by atoms with Crippen molar-refractivity contribution in [2.75, 3.05) is 17.4 Å². The molecule has 148 valence electrons. The Morgan fingerprint density at radius 1 is 0.897 bits per heavy atom. The number of rotatable bonds is 7. The highest BCUT2D eigenvalue weighted by Crippen LogP contribution is 2.49. The second kappa shape index (κ2) is 8.52. The van der Waals surface area contributed by atoms with Gasteiger partial charge in [0, 0.05) is 18.9 Å². The third-order valence-corrected chi connectivity index (χ3v) is 6.26. The largest absolute Gasteiger partial charge is 0.272 e. The highest BCUT2D eigenvalue weighted by atomic mass is 79.9. The lowest BCUT2D eigenvalue weighted by molar-refractivity contribution is -0.124. The molecule has 4 heteroatoms. The summed E-state index contributed by atoms with van der Waals surface area (Å²) < 4.78 is 0. The molecule has 1 aliphatic rings. The minimum absolute atomic E-state index is 0.129. The third-order valence-electron chi connectivity index (χ3n) is 5.70. The van der Waals surface area contributed by atoms with E-state index in [0.29, 0.717) is 6.54 Å². The predicted molar refractivity (Wildman–Crippen MR) is 122 cm³/mol. The summed E-state index contributed by atoms with van der Waals surface area (Å²) in [4.78, 5) is 14.1. The normalized spacial score (nSPS) is 18.3. The van der Waals surface area contributed by atoms with Gasteiger partial charge in [0.25, 0.3) is 5.91 Å². The Hall–Kier alpha value is -2.43. The van der Waals surface area contributed by atoms with E-state index >= 15 is 0 Å². The van der Waals surface area contributed by atoms with Gasteiger partial charge in [0.15, 0.2) is 0 Å². The second-order valence-corrected chi connectivity index (χ2v) is 8.29. The van der Waals surface area contributed by atoms with Crippen LogP contribution in [0, 0.1) is 0 Å². The van der Waals surface area contributed by atoms with Crippen molar-refractivity contribution in [1.82, 2.24) is 5.01 Å². The van der Waals surface area contributed by atoms with Crippen LogP contribution in [0.5, 0.6) is 0 Å². The predicted octanol–water partition coefficient (Wildman–Crippen LogP) is 5.54. The van der Waals surface area contributed by atoms with Gasteiger partial charge in [0.1, 0.15) is 5.41 Å². The monoisotopic (exact) mass is 448 g/mol. The van der Waals surface area contributed by atoms with E-state index in [1.54, 1.807) is 0 Å². The average molecular weight is 449 g/mol. The fourth-order valence-electron chi connectivity index (χ4n) is 4.40. The molecule has 0 fully saturated rings. The molecule has 0 aliphatic carbocycles. The number of hydrogen-bond acceptors (Lipinski definition) is 2. The van der Waals surface area contributed by atoms with Gasteiger partial charge in [-0.15, -0.1) is 0 Å². The molecule has 0 aromatic heterocycles. The van der Waals surface area contributed by atoms with Crippen molar-refractivity contribution in [3.63, 3.8) is 0 Å². The Bertz CT molecular complexity index is 976. The first-order valence-electron chi connectivity index (χ1n) is 9.99. The number of anilines is 1. The molecular formula is C25H25BrN2O. The van der Waals surface area contributed by atoms with Crippen LogP contribution >= 0.6 is 15.9 Å². The lowest BCUT2D eigenvalue weighted by atomic mass is 9.72. The summed E-state index contributed by atoms with van der Waals surface area (Å²) in [6.45, 7) is 0.671. The van der Waals surface area contributed by atoms with Crippen LogP contribution in [-0.2, 0) is 16.8 Å². The van der Waals surface area contributed by atoms with Gasteiger partial charge < -0.3 is 0 Å². The number of amides is 1. The Balaban J connectivity index is 1.80. The SMILES string of the molecule is CN(Cc1ccccc1)N1C(=O)[C@](CCCBr)(c2ccccc2)c2ccccc21. The summed E-state index contributed by atoms with van der Waals surface area (Å²) in [7, 11) is 1.99. The first kappa shape index (κ1) is 19.9. The highest BCUT2D eigenvalue weighted by Gasteiger charge is 2.52. The van der Waals surface area contributed by atoms with Gasteiger partial charge in [-0.2, -0.15) is 0 Å². The molecule has 3 nitrogen and oxygen atoms in total. The van der Waals surface area contributed by atoms with Gasteiger partial charge in [-0.05, 0) is 35.6 Å². The quantitative estimate of drug-likeness (QED) is 0.442. The number of fused-ring (bicyclic) bond motifs is 1. The molecule has 3 aromatic rings. The summed E-state index contributed by atoms with van der Waals surface area (Å²) in [5.41, 5.74) is 3.66. The molecule has 0 N–H and O–H groups in total. The van der Waals surface area contributed by atoms with Gasteiger partial charge in [0.05, 0.1) is 5.69 Å². The van der Waals surface area contributed by atoms with E-state index in [1.807, 2.05) is 65.6 Å². The van der Waals surface area contributed by atoms with Crippen LogP contribution < -0.4 is 5.01 Å². The molecule has 4 rings (SSSR count). The van der Waals surface area contributed by atoms with Gasteiger partial charge in [-0.1, -0.05) is 94.8 Å². The zero-order chi connectivity index (χ0) is 20.3. The Kier molecular flexibility index (Phi) is 5.84.